The average Bonchev–Trinajstić information content (AvgIpc) is 3.10. The molecule has 0 aromatic heterocycles. The van der Waals surface area contributed by atoms with E-state index in [1.807, 2.05) is 25.1 Å². The number of fused-ring (bicyclic) bond motifs is 4. The van der Waals surface area contributed by atoms with E-state index >= 15 is 0 Å². The van der Waals surface area contributed by atoms with Gasteiger partial charge in [0.05, 0.1) is 45.3 Å². The molecule has 0 radical (unpaired) electrons. The van der Waals surface area contributed by atoms with Crippen molar-refractivity contribution in [1.29, 1.82) is 0 Å². The first-order valence-corrected chi connectivity index (χ1v) is 17.8. The van der Waals surface area contributed by atoms with Gasteiger partial charge in [-0.3, -0.25) is 9.80 Å². The molecule has 0 aliphatic carbocycles. The Morgan fingerprint density at radius 2 is 1.50 bits per heavy atom. The maximum Gasteiger partial charge on any atom is 0.161 e. The van der Waals surface area contributed by atoms with Gasteiger partial charge < -0.3 is 29.4 Å². The third-order valence-electron chi connectivity index (χ3n) is 11.1. The van der Waals surface area contributed by atoms with Gasteiger partial charge in [-0.1, -0.05) is 37.1 Å². The van der Waals surface area contributed by atoms with Crippen molar-refractivity contribution >= 4 is 17.3 Å². The number of hydrogen-bond acceptors (Lipinski definition) is 8. The number of anilines is 1. The number of β-amino-alcohol motifs (C(OH)–C–C–N with tert-alkyl or cyclic N) is 1. The Labute approximate surface area is 291 Å². The monoisotopic (exact) mass is 677 g/mol. The van der Waals surface area contributed by atoms with Gasteiger partial charge in [-0.2, -0.15) is 0 Å². The summed E-state index contributed by atoms with van der Waals surface area (Å²) >= 11 is 6.49. The number of benzene rings is 3. The fourth-order valence-electron chi connectivity index (χ4n) is 8.53. The van der Waals surface area contributed by atoms with Crippen molar-refractivity contribution in [1.82, 2.24) is 9.80 Å². The van der Waals surface area contributed by atoms with Gasteiger partial charge in [0.2, 0.25) is 0 Å². The lowest BCUT2D eigenvalue weighted by atomic mass is 9.72. The molecule has 9 heteroatoms. The Morgan fingerprint density at radius 3 is 2.15 bits per heavy atom. The summed E-state index contributed by atoms with van der Waals surface area (Å²) in [6.07, 6.45) is 4.59. The van der Waals surface area contributed by atoms with Crippen molar-refractivity contribution in [2.24, 2.45) is 11.8 Å². The largest absolute Gasteiger partial charge is 0.493 e. The van der Waals surface area contributed by atoms with Crippen molar-refractivity contribution in [3.63, 3.8) is 0 Å². The van der Waals surface area contributed by atoms with Gasteiger partial charge in [-0.05, 0) is 103 Å². The van der Waals surface area contributed by atoms with E-state index in [9.17, 15) is 5.11 Å². The average molecular weight is 678 g/mol. The molecule has 3 aliphatic heterocycles. The highest BCUT2D eigenvalue weighted by molar-refractivity contribution is 6.33. The Bertz CT molecular complexity index is 1560. The number of aliphatic hydroxyl groups is 1. The van der Waals surface area contributed by atoms with Crippen LogP contribution in [0.2, 0.25) is 5.02 Å². The Balaban J connectivity index is 1.29. The van der Waals surface area contributed by atoms with Crippen LogP contribution in [0.5, 0.6) is 23.0 Å². The summed E-state index contributed by atoms with van der Waals surface area (Å²) < 4.78 is 22.9. The highest BCUT2D eigenvalue weighted by Crippen LogP contribution is 2.49. The summed E-state index contributed by atoms with van der Waals surface area (Å²) in [4.78, 5) is 5.20. The van der Waals surface area contributed by atoms with Crippen LogP contribution in [-0.2, 0) is 12.8 Å². The maximum absolute atomic E-state index is 11.4. The second-order valence-corrected chi connectivity index (χ2v) is 14.1. The van der Waals surface area contributed by atoms with E-state index in [0.717, 1.165) is 86.0 Å². The third-order valence-corrected chi connectivity index (χ3v) is 11.4. The normalized spacial score (nSPS) is 23.0. The van der Waals surface area contributed by atoms with E-state index in [-0.39, 0.29) is 6.04 Å². The van der Waals surface area contributed by atoms with Crippen molar-refractivity contribution in [3.05, 3.63) is 75.3 Å². The van der Waals surface area contributed by atoms with Crippen molar-refractivity contribution in [3.8, 4) is 23.0 Å². The molecular formula is C39H52ClN3O5. The molecule has 0 bridgehead atoms. The third kappa shape index (κ3) is 6.95. The molecule has 3 heterocycles. The van der Waals surface area contributed by atoms with E-state index in [1.165, 1.54) is 22.3 Å². The lowest BCUT2D eigenvalue weighted by Crippen LogP contribution is -2.48. The Kier molecular flexibility index (Phi) is 11.0. The number of para-hydroxylation sites is 1. The number of rotatable bonds is 12. The highest BCUT2D eigenvalue weighted by atomic mass is 35.5. The first kappa shape index (κ1) is 34.7. The van der Waals surface area contributed by atoms with E-state index in [4.69, 9.17) is 30.5 Å². The fourth-order valence-corrected chi connectivity index (χ4v) is 8.82. The van der Waals surface area contributed by atoms with Crippen LogP contribution in [0.15, 0.2) is 42.5 Å². The number of nitrogens with one attached hydrogen (secondary N) is 1. The molecule has 8 nitrogen and oxygen atoms in total. The van der Waals surface area contributed by atoms with Crippen LogP contribution in [0.25, 0.3) is 0 Å². The fraction of sp³-hybridized carbons (Fsp3) is 0.538. The number of aryl methyl sites for hydroxylation is 1. The number of methoxy groups -OCH3 is 4. The smallest absolute Gasteiger partial charge is 0.161 e. The second-order valence-electron chi connectivity index (χ2n) is 13.7. The molecule has 0 amide bonds. The van der Waals surface area contributed by atoms with Crippen LogP contribution >= 0.6 is 11.6 Å². The quantitative estimate of drug-likeness (QED) is 0.211. The Hall–Kier alpha value is -3.17. The van der Waals surface area contributed by atoms with Crippen LogP contribution in [0, 0.1) is 18.8 Å². The van der Waals surface area contributed by atoms with Gasteiger partial charge in [-0.15, -0.1) is 0 Å². The molecule has 3 aromatic carbocycles. The summed E-state index contributed by atoms with van der Waals surface area (Å²) in [5.41, 5.74) is 7.29. The van der Waals surface area contributed by atoms with Crippen LogP contribution in [0.4, 0.5) is 5.69 Å². The highest BCUT2D eigenvalue weighted by Gasteiger charge is 2.41. The minimum absolute atomic E-state index is 0.143. The van der Waals surface area contributed by atoms with Crippen molar-refractivity contribution in [2.45, 2.75) is 64.1 Å². The number of aliphatic hydroxyl groups excluding tert-OH is 1. The van der Waals surface area contributed by atoms with Gasteiger partial charge in [-0.25, -0.2) is 0 Å². The molecule has 6 rings (SSSR count). The summed E-state index contributed by atoms with van der Waals surface area (Å²) in [6.45, 7) is 8.39. The first-order chi connectivity index (χ1) is 23.3. The van der Waals surface area contributed by atoms with E-state index in [0.29, 0.717) is 36.0 Å². The van der Waals surface area contributed by atoms with Crippen LogP contribution in [-0.4, -0.2) is 82.2 Å². The minimum Gasteiger partial charge on any atom is -0.493 e. The minimum atomic E-state index is -0.568. The lowest BCUT2D eigenvalue weighted by molar-refractivity contribution is 0.0224. The predicted octanol–water partition coefficient (Wildman–Crippen LogP) is 7.09. The first-order valence-electron chi connectivity index (χ1n) is 17.4. The zero-order chi connectivity index (χ0) is 33.9. The second kappa shape index (κ2) is 15.2. The molecule has 3 aromatic rings. The van der Waals surface area contributed by atoms with E-state index < -0.39 is 6.10 Å². The van der Waals surface area contributed by atoms with E-state index in [2.05, 4.69) is 46.3 Å². The lowest BCUT2D eigenvalue weighted by Gasteiger charge is -2.49. The zero-order valence-corrected chi connectivity index (χ0v) is 30.1. The molecule has 1 fully saturated rings. The van der Waals surface area contributed by atoms with Gasteiger partial charge in [0.25, 0.3) is 0 Å². The van der Waals surface area contributed by atoms with Crippen LogP contribution < -0.4 is 24.3 Å². The topological polar surface area (TPSA) is 75.7 Å². The SMILES string of the molecule is CC[C@H]1CN2CCc3cc(OC)c(OC)cc3[C@@H]2C[C@@H]1C[C@@H]1c2cc(OC)c(OC)cc2CCN1CC(O)CNc1c(C)cccc1Cl. The van der Waals surface area contributed by atoms with Crippen LogP contribution in [0.1, 0.15) is 66.1 Å². The molecule has 1 unspecified atom stereocenters. The van der Waals surface area contributed by atoms with Crippen molar-refractivity contribution in [2.75, 3.05) is 66.5 Å². The number of piperidine rings is 1. The molecule has 1 saturated heterocycles. The molecule has 48 heavy (non-hydrogen) atoms. The number of hydrogen-bond donors (Lipinski definition) is 2. The maximum atomic E-state index is 11.4. The standard InChI is InChI=1S/C39H52ClN3O5/c1-7-25-22-42-13-11-26-17-35(45-3)37(47-5)19-30(26)33(42)15-28(25)16-34-31-20-38(48-6)36(46-4)18-27(31)12-14-43(34)23-29(44)21-41-39-24(2)9-8-10-32(39)40/h8-10,17-20,25,28-29,33-34,41,44H,7,11-16,21-23H2,1-6H3/t25-,28+,29?,33-,34+/m0/s1. The van der Waals surface area contributed by atoms with Gasteiger partial charge in [0, 0.05) is 44.8 Å². The summed E-state index contributed by atoms with van der Waals surface area (Å²) in [5, 5.41) is 15.5. The summed E-state index contributed by atoms with van der Waals surface area (Å²) in [7, 11) is 6.84. The van der Waals surface area contributed by atoms with Gasteiger partial charge >= 0.3 is 0 Å². The van der Waals surface area contributed by atoms with Gasteiger partial charge in [0.1, 0.15) is 0 Å². The predicted molar refractivity (Wildman–Crippen MR) is 192 cm³/mol. The van der Waals surface area contributed by atoms with E-state index in [1.54, 1.807) is 28.4 Å². The summed E-state index contributed by atoms with van der Waals surface area (Å²) in [6, 6.07) is 15.1. The number of halogens is 1. The molecule has 3 aliphatic rings. The number of ether oxygens (including phenoxy) is 4. The molecule has 2 N–H and O–H groups in total. The molecule has 260 valence electrons. The zero-order valence-electron chi connectivity index (χ0n) is 29.4. The molecule has 0 spiro atoms. The van der Waals surface area contributed by atoms with Crippen LogP contribution in [0.3, 0.4) is 0 Å². The Morgan fingerprint density at radius 1 is 0.875 bits per heavy atom. The molecule has 5 atom stereocenters. The van der Waals surface area contributed by atoms with Gasteiger partial charge in [0.15, 0.2) is 23.0 Å². The van der Waals surface area contributed by atoms with Crippen molar-refractivity contribution < 1.29 is 24.1 Å². The molecular weight excluding hydrogens is 626 g/mol. The molecule has 0 saturated carbocycles. The number of nitrogens with zero attached hydrogens (tertiary/aromatic N) is 2. The summed E-state index contributed by atoms with van der Waals surface area (Å²) in [5.74, 6) is 4.22.